The number of ether oxygens (including phenoxy) is 2. The molecule has 4 aromatic rings. The molecule has 0 unspecified atom stereocenters. The number of hydrogen-bond donors (Lipinski definition) is 0. The highest BCUT2D eigenvalue weighted by atomic mass is 19.1. The van der Waals surface area contributed by atoms with E-state index in [0.717, 1.165) is 27.8 Å². The molecule has 0 amide bonds. The first-order chi connectivity index (χ1) is 15.5. The molecule has 0 aliphatic heterocycles. The predicted octanol–water partition coefficient (Wildman–Crippen LogP) is 5.45. The van der Waals surface area contributed by atoms with Gasteiger partial charge in [0.2, 0.25) is 5.82 Å². The molecule has 0 radical (unpaired) electrons. The minimum Gasteiger partial charge on any atom is -0.465 e. The van der Waals surface area contributed by atoms with E-state index in [4.69, 9.17) is 9.26 Å². The molecule has 0 fully saturated rings. The zero-order chi connectivity index (χ0) is 22.7. The van der Waals surface area contributed by atoms with Crippen LogP contribution in [0.15, 0.2) is 65.2 Å². The molecule has 0 aliphatic carbocycles. The van der Waals surface area contributed by atoms with Gasteiger partial charge >= 0.3 is 5.97 Å². The van der Waals surface area contributed by atoms with Gasteiger partial charge in [-0.15, -0.1) is 0 Å². The van der Waals surface area contributed by atoms with Gasteiger partial charge in [-0.2, -0.15) is 4.98 Å². The first kappa shape index (κ1) is 21.4. The zero-order valence-corrected chi connectivity index (χ0v) is 17.9. The van der Waals surface area contributed by atoms with Gasteiger partial charge in [-0.3, -0.25) is 0 Å². The molecule has 3 aromatic carbocycles. The van der Waals surface area contributed by atoms with E-state index in [9.17, 15) is 9.18 Å². The lowest BCUT2D eigenvalue weighted by molar-refractivity contribution is 0.0595. The highest BCUT2D eigenvalue weighted by molar-refractivity contribution is 5.90. The largest absolute Gasteiger partial charge is 0.465 e. The number of carbonyl (C=O) groups excluding carboxylic acids is 1. The lowest BCUT2D eigenvalue weighted by atomic mass is 9.95. The predicted molar refractivity (Wildman–Crippen MR) is 117 cm³/mol. The molecule has 4 rings (SSSR count). The fraction of sp³-hybridized carbons (Fsp3) is 0.160. The maximum absolute atomic E-state index is 14.3. The normalized spacial score (nSPS) is 10.9. The molecule has 32 heavy (non-hydrogen) atoms. The number of benzene rings is 3. The molecule has 0 N–H and O–H groups in total. The van der Waals surface area contributed by atoms with Crippen molar-refractivity contribution in [2.75, 3.05) is 14.2 Å². The lowest BCUT2D eigenvalue weighted by Crippen LogP contribution is -2.04. The Balaban J connectivity index is 1.64. The Morgan fingerprint density at radius 2 is 1.78 bits per heavy atom. The SMILES string of the molecule is COCc1ccccc1-c1ccc(-c2nc(-c3ccc(C(=O)OC)c(F)c3)no2)cc1C. The van der Waals surface area contributed by atoms with Crippen LogP contribution in [-0.4, -0.2) is 30.3 Å². The van der Waals surface area contributed by atoms with Gasteiger partial charge in [0.25, 0.3) is 5.89 Å². The number of carbonyl (C=O) groups is 1. The monoisotopic (exact) mass is 432 g/mol. The summed E-state index contributed by atoms with van der Waals surface area (Å²) in [6.45, 7) is 2.54. The summed E-state index contributed by atoms with van der Waals surface area (Å²) < 4.78 is 29.5. The lowest BCUT2D eigenvalue weighted by Gasteiger charge is -2.12. The fourth-order valence-corrected chi connectivity index (χ4v) is 3.55. The molecule has 1 heterocycles. The van der Waals surface area contributed by atoms with Crippen molar-refractivity contribution in [2.45, 2.75) is 13.5 Å². The second-order valence-electron chi connectivity index (χ2n) is 7.23. The number of aromatic nitrogens is 2. The first-order valence-electron chi connectivity index (χ1n) is 9.92. The molecule has 0 saturated heterocycles. The van der Waals surface area contributed by atoms with Crippen molar-refractivity contribution < 1.29 is 23.2 Å². The van der Waals surface area contributed by atoms with Gasteiger partial charge in [0, 0.05) is 18.2 Å². The van der Waals surface area contributed by atoms with Gasteiger partial charge in [-0.05, 0) is 59.5 Å². The first-order valence-corrected chi connectivity index (χ1v) is 9.92. The minimum absolute atomic E-state index is 0.153. The van der Waals surface area contributed by atoms with Crippen LogP contribution in [0, 0.1) is 12.7 Å². The molecular weight excluding hydrogens is 411 g/mol. The van der Waals surface area contributed by atoms with Crippen LogP contribution in [0.1, 0.15) is 21.5 Å². The average Bonchev–Trinajstić information content (AvgIpc) is 3.30. The third kappa shape index (κ3) is 4.15. The second kappa shape index (κ2) is 9.11. The van der Waals surface area contributed by atoms with Gasteiger partial charge in [-0.1, -0.05) is 35.5 Å². The summed E-state index contributed by atoms with van der Waals surface area (Å²) in [6.07, 6.45) is 0. The van der Waals surface area contributed by atoms with Gasteiger partial charge < -0.3 is 14.0 Å². The number of esters is 1. The molecule has 7 heteroatoms. The molecule has 0 atom stereocenters. The Kier molecular flexibility index (Phi) is 6.09. The van der Waals surface area contributed by atoms with Crippen molar-refractivity contribution in [2.24, 2.45) is 0 Å². The van der Waals surface area contributed by atoms with Crippen LogP contribution in [0.25, 0.3) is 34.0 Å². The van der Waals surface area contributed by atoms with Crippen molar-refractivity contribution in [1.29, 1.82) is 0 Å². The van der Waals surface area contributed by atoms with Crippen molar-refractivity contribution in [3.05, 3.63) is 83.2 Å². The molecule has 6 nitrogen and oxygen atoms in total. The summed E-state index contributed by atoms with van der Waals surface area (Å²) in [4.78, 5) is 16.0. The highest BCUT2D eigenvalue weighted by Gasteiger charge is 2.17. The van der Waals surface area contributed by atoms with Crippen LogP contribution >= 0.6 is 0 Å². The Hall–Kier alpha value is -3.84. The van der Waals surface area contributed by atoms with Crippen molar-refractivity contribution in [1.82, 2.24) is 10.1 Å². The summed E-state index contributed by atoms with van der Waals surface area (Å²) in [5.41, 5.74) is 5.32. The molecular formula is C25H21FN2O4. The van der Waals surface area contributed by atoms with Crippen LogP contribution in [0.5, 0.6) is 0 Å². The Morgan fingerprint density at radius 3 is 2.50 bits per heavy atom. The Bertz CT molecular complexity index is 1280. The van der Waals surface area contributed by atoms with E-state index in [1.54, 1.807) is 13.2 Å². The molecule has 162 valence electrons. The summed E-state index contributed by atoms with van der Waals surface area (Å²) >= 11 is 0. The van der Waals surface area contributed by atoms with E-state index in [2.05, 4.69) is 20.9 Å². The molecule has 0 aliphatic rings. The Labute approximate surface area is 184 Å². The Morgan fingerprint density at radius 1 is 1.00 bits per heavy atom. The fourth-order valence-electron chi connectivity index (χ4n) is 3.55. The highest BCUT2D eigenvalue weighted by Crippen LogP contribution is 2.31. The van der Waals surface area contributed by atoms with Crippen molar-refractivity contribution >= 4 is 5.97 Å². The van der Waals surface area contributed by atoms with Crippen LogP contribution in [0.2, 0.25) is 0 Å². The van der Waals surface area contributed by atoms with Gasteiger partial charge in [-0.25, -0.2) is 9.18 Å². The molecule has 0 saturated carbocycles. The number of hydrogen-bond acceptors (Lipinski definition) is 6. The van der Waals surface area contributed by atoms with Crippen LogP contribution in [0.3, 0.4) is 0 Å². The third-order valence-electron chi connectivity index (χ3n) is 5.14. The minimum atomic E-state index is -0.745. The van der Waals surface area contributed by atoms with Gasteiger partial charge in [0.1, 0.15) is 5.82 Å². The summed E-state index contributed by atoms with van der Waals surface area (Å²) in [6, 6.07) is 18.0. The van der Waals surface area contributed by atoms with E-state index >= 15 is 0 Å². The van der Waals surface area contributed by atoms with Crippen molar-refractivity contribution in [3.63, 3.8) is 0 Å². The topological polar surface area (TPSA) is 74.5 Å². The van der Waals surface area contributed by atoms with Crippen LogP contribution < -0.4 is 0 Å². The standard InChI is InChI=1S/C25H21FN2O4/c1-15-12-17(9-10-19(15)20-7-5-4-6-18(20)14-30-2)24-27-23(28-32-24)16-8-11-21(22(26)13-16)25(29)31-3/h4-13H,14H2,1-3H3. The number of methoxy groups -OCH3 is 2. The quantitative estimate of drug-likeness (QED) is 0.377. The number of rotatable bonds is 6. The van der Waals surface area contributed by atoms with Gasteiger partial charge in [0.05, 0.1) is 19.3 Å². The van der Waals surface area contributed by atoms with E-state index in [1.165, 1.54) is 19.2 Å². The van der Waals surface area contributed by atoms with Gasteiger partial charge in [0.15, 0.2) is 0 Å². The van der Waals surface area contributed by atoms with Crippen LogP contribution in [0.4, 0.5) is 4.39 Å². The summed E-state index contributed by atoms with van der Waals surface area (Å²) in [7, 11) is 2.87. The maximum Gasteiger partial charge on any atom is 0.340 e. The molecule has 0 spiro atoms. The summed E-state index contributed by atoms with van der Waals surface area (Å²) in [5, 5.41) is 3.96. The number of nitrogens with zero attached hydrogens (tertiary/aromatic N) is 2. The molecule has 1 aromatic heterocycles. The molecule has 0 bridgehead atoms. The summed E-state index contributed by atoms with van der Waals surface area (Å²) in [5.74, 6) is -0.916. The van der Waals surface area contributed by atoms with Crippen LogP contribution in [-0.2, 0) is 16.1 Å². The van der Waals surface area contributed by atoms with Crippen molar-refractivity contribution in [3.8, 4) is 34.0 Å². The van der Waals surface area contributed by atoms with E-state index in [1.807, 2.05) is 43.3 Å². The van der Waals surface area contributed by atoms with E-state index < -0.39 is 11.8 Å². The second-order valence-corrected chi connectivity index (χ2v) is 7.23. The smallest absolute Gasteiger partial charge is 0.340 e. The number of halogens is 1. The number of aryl methyl sites for hydroxylation is 1. The van der Waals surface area contributed by atoms with E-state index in [0.29, 0.717) is 18.1 Å². The average molecular weight is 432 g/mol. The zero-order valence-electron chi connectivity index (χ0n) is 17.9. The third-order valence-corrected chi connectivity index (χ3v) is 5.14. The van der Waals surface area contributed by atoms with E-state index in [-0.39, 0.29) is 11.4 Å². The maximum atomic E-state index is 14.3.